The molecular weight excluding hydrogens is 446 g/mol. The van der Waals surface area contributed by atoms with Crippen molar-refractivity contribution >= 4 is 39.2 Å². The summed E-state index contributed by atoms with van der Waals surface area (Å²) in [6.07, 6.45) is 0.973. The Morgan fingerprint density at radius 3 is 1.74 bits per heavy atom. The molecule has 0 atom stereocenters. The van der Waals surface area contributed by atoms with Gasteiger partial charge in [0.1, 0.15) is 0 Å². The van der Waals surface area contributed by atoms with Crippen LogP contribution in [0.2, 0.25) is 0 Å². The van der Waals surface area contributed by atoms with E-state index in [2.05, 4.69) is 89.2 Å². The van der Waals surface area contributed by atoms with E-state index in [1.807, 2.05) is 36.4 Å². The van der Waals surface area contributed by atoms with E-state index in [0.29, 0.717) is 40.6 Å². The number of azo groups is 2. The molecule has 3 rings (SSSR count). The van der Waals surface area contributed by atoms with Gasteiger partial charge in [0.2, 0.25) is 0 Å². The van der Waals surface area contributed by atoms with Crippen molar-refractivity contribution in [2.45, 2.75) is 60.0 Å². The van der Waals surface area contributed by atoms with Crippen LogP contribution in [0.25, 0.3) is 0 Å². The number of benzene rings is 2. The van der Waals surface area contributed by atoms with Crippen molar-refractivity contribution in [3.63, 3.8) is 0 Å². The highest BCUT2D eigenvalue weighted by atomic mass is 32.1. The van der Waals surface area contributed by atoms with Gasteiger partial charge in [0.25, 0.3) is 10.3 Å². The van der Waals surface area contributed by atoms with Gasteiger partial charge < -0.3 is 9.64 Å². The third-order valence-electron chi connectivity index (χ3n) is 4.96. The number of aromatic nitrogens is 2. The Kier molecular flexibility index (Phi) is 9.21. The van der Waals surface area contributed by atoms with Gasteiger partial charge in [-0.25, -0.2) is 0 Å². The quantitative estimate of drug-likeness (QED) is 0.258. The minimum Gasteiger partial charge on any atom is -0.469 e. The Morgan fingerprint density at radius 2 is 1.24 bits per heavy atom. The summed E-state index contributed by atoms with van der Waals surface area (Å²) < 4.78 is 5.59. The molecule has 1 aromatic heterocycles. The van der Waals surface area contributed by atoms with Gasteiger partial charge in [-0.3, -0.25) is 0 Å². The largest absolute Gasteiger partial charge is 0.469 e. The van der Waals surface area contributed by atoms with Crippen molar-refractivity contribution < 1.29 is 4.74 Å². The van der Waals surface area contributed by atoms with Crippen molar-refractivity contribution in [1.82, 2.24) is 10.2 Å². The second-order valence-corrected chi connectivity index (χ2v) is 9.83. The zero-order chi connectivity index (χ0) is 24.5. The molecule has 0 aliphatic rings. The van der Waals surface area contributed by atoms with Gasteiger partial charge in [-0.1, -0.05) is 18.9 Å². The highest BCUT2D eigenvalue weighted by Gasteiger charge is 2.13. The van der Waals surface area contributed by atoms with Crippen molar-refractivity contribution in [2.75, 3.05) is 11.5 Å². The van der Waals surface area contributed by atoms with Crippen LogP contribution in [0.1, 0.15) is 48.0 Å². The normalized spacial score (nSPS) is 12.0. The van der Waals surface area contributed by atoms with Crippen LogP contribution in [-0.4, -0.2) is 28.9 Å². The highest BCUT2D eigenvalue weighted by molar-refractivity contribution is 7.16. The Balaban J connectivity index is 1.56. The molecule has 3 aromatic rings. The Labute approximate surface area is 205 Å². The molecule has 0 unspecified atom stereocenters. The van der Waals surface area contributed by atoms with E-state index in [4.69, 9.17) is 4.74 Å². The van der Waals surface area contributed by atoms with E-state index in [1.165, 1.54) is 17.0 Å². The fraction of sp³-hybridized carbons (Fsp3) is 0.440. The first-order valence-electron chi connectivity index (χ1n) is 11.6. The van der Waals surface area contributed by atoms with Crippen LogP contribution in [0.15, 0.2) is 69.0 Å². The van der Waals surface area contributed by atoms with Gasteiger partial charge in [0, 0.05) is 17.8 Å². The molecule has 8 nitrogen and oxygen atoms in total. The molecule has 34 heavy (non-hydrogen) atoms. The lowest BCUT2D eigenvalue weighted by Gasteiger charge is -2.33. The molecule has 0 spiro atoms. The SMILES string of the molecule is CC(C)CCOc1nnc(N=Nc2ccc(N=Nc3ccc(N(C(C)C)C(C)C)cc3)cc2)s1. The molecule has 0 N–H and O–H groups in total. The topological polar surface area (TPSA) is 87.7 Å². The number of ether oxygens (including phenoxy) is 1. The summed E-state index contributed by atoms with van der Waals surface area (Å²) in [6.45, 7) is 13.7. The maximum Gasteiger partial charge on any atom is 0.295 e. The summed E-state index contributed by atoms with van der Waals surface area (Å²) in [6, 6.07) is 16.4. The fourth-order valence-electron chi connectivity index (χ4n) is 3.37. The second-order valence-electron chi connectivity index (χ2n) is 8.91. The predicted octanol–water partition coefficient (Wildman–Crippen LogP) is 8.42. The summed E-state index contributed by atoms with van der Waals surface area (Å²) in [5, 5.41) is 26.0. The fourth-order valence-corrected chi connectivity index (χ4v) is 3.91. The first-order chi connectivity index (χ1) is 16.3. The smallest absolute Gasteiger partial charge is 0.295 e. The Morgan fingerprint density at radius 1 is 0.735 bits per heavy atom. The zero-order valence-electron chi connectivity index (χ0n) is 20.7. The number of rotatable bonds is 11. The summed E-state index contributed by atoms with van der Waals surface area (Å²) in [7, 11) is 0. The lowest BCUT2D eigenvalue weighted by Crippen LogP contribution is -2.36. The Bertz CT molecular complexity index is 1070. The van der Waals surface area contributed by atoms with Crippen LogP contribution in [0.4, 0.5) is 27.9 Å². The minimum absolute atomic E-state index is 0.431. The van der Waals surface area contributed by atoms with E-state index >= 15 is 0 Å². The first kappa shape index (κ1) is 25.4. The number of nitrogens with zero attached hydrogens (tertiary/aromatic N) is 7. The van der Waals surface area contributed by atoms with E-state index in [9.17, 15) is 0 Å². The molecule has 9 heteroatoms. The van der Waals surface area contributed by atoms with Crippen LogP contribution < -0.4 is 9.64 Å². The third kappa shape index (κ3) is 7.69. The Hall–Kier alpha value is -3.20. The summed E-state index contributed by atoms with van der Waals surface area (Å²) >= 11 is 1.28. The van der Waals surface area contributed by atoms with Gasteiger partial charge in [-0.05, 0) is 99.9 Å². The van der Waals surface area contributed by atoms with Crippen molar-refractivity contribution in [3.8, 4) is 5.19 Å². The minimum atomic E-state index is 0.431. The summed E-state index contributed by atoms with van der Waals surface area (Å²) in [5.74, 6) is 0.584. The van der Waals surface area contributed by atoms with Crippen LogP contribution >= 0.6 is 11.3 Å². The van der Waals surface area contributed by atoms with Crippen LogP contribution in [0, 0.1) is 5.92 Å². The molecule has 0 fully saturated rings. The molecule has 2 aromatic carbocycles. The average molecular weight is 480 g/mol. The molecule has 0 bridgehead atoms. The van der Waals surface area contributed by atoms with Crippen LogP contribution in [0.3, 0.4) is 0 Å². The second kappa shape index (κ2) is 12.3. The summed E-state index contributed by atoms with van der Waals surface area (Å²) in [5.41, 5.74) is 3.43. The molecule has 0 aliphatic heterocycles. The van der Waals surface area contributed by atoms with Gasteiger partial charge in [0.05, 0.1) is 23.7 Å². The monoisotopic (exact) mass is 479 g/mol. The first-order valence-corrected chi connectivity index (χ1v) is 12.4. The van der Waals surface area contributed by atoms with Crippen molar-refractivity contribution in [2.24, 2.45) is 26.4 Å². The standard InChI is InChI=1S/C25H33N7OS/c1-17(2)15-16-33-25-31-30-24(34-25)29-28-21-9-7-20(8-10-21)26-27-22-11-13-23(14-12-22)32(18(3)4)19(5)6/h7-14,17-19H,15-16H2,1-6H3. The molecule has 0 saturated carbocycles. The lowest BCUT2D eigenvalue weighted by molar-refractivity contribution is 0.286. The number of hydrogen-bond acceptors (Lipinski definition) is 9. The van der Waals surface area contributed by atoms with Gasteiger partial charge in [-0.2, -0.15) is 10.2 Å². The van der Waals surface area contributed by atoms with Crippen molar-refractivity contribution in [3.05, 3.63) is 48.5 Å². The van der Waals surface area contributed by atoms with Crippen LogP contribution in [-0.2, 0) is 0 Å². The predicted molar refractivity (Wildman–Crippen MR) is 139 cm³/mol. The average Bonchev–Trinajstić information content (AvgIpc) is 3.25. The van der Waals surface area contributed by atoms with Gasteiger partial charge in [-0.15, -0.1) is 15.3 Å². The molecule has 0 radical (unpaired) electrons. The number of anilines is 1. The lowest BCUT2D eigenvalue weighted by atomic mass is 10.1. The number of hydrogen-bond donors (Lipinski definition) is 0. The molecule has 0 aliphatic carbocycles. The third-order valence-corrected chi connectivity index (χ3v) is 5.68. The van der Waals surface area contributed by atoms with E-state index < -0.39 is 0 Å². The maximum atomic E-state index is 5.59. The molecule has 180 valence electrons. The van der Waals surface area contributed by atoms with E-state index in [-0.39, 0.29) is 0 Å². The molecule has 1 heterocycles. The summed E-state index contributed by atoms with van der Waals surface area (Å²) in [4.78, 5) is 2.37. The molecular formula is C25H33N7OS. The van der Waals surface area contributed by atoms with E-state index in [1.54, 1.807) is 0 Å². The molecule has 0 amide bonds. The van der Waals surface area contributed by atoms with Crippen molar-refractivity contribution in [1.29, 1.82) is 0 Å². The zero-order valence-corrected chi connectivity index (χ0v) is 21.5. The maximum absolute atomic E-state index is 5.59. The van der Waals surface area contributed by atoms with E-state index in [0.717, 1.165) is 17.8 Å². The van der Waals surface area contributed by atoms with Crippen LogP contribution in [0.5, 0.6) is 5.19 Å². The highest BCUT2D eigenvalue weighted by Crippen LogP contribution is 2.28. The van der Waals surface area contributed by atoms with Gasteiger partial charge >= 0.3 is 0 Å². The van der Waals surface area contributed by atoms with Gasteiger partial charge in [0.15, 0.2) is 0 Å². The molecule has 0 saturated heterocycles.